The van der Waals surface area contributed by atoms with Gasteiger partial charge in [-0.25, -0.2) is 4.79 Å². The topological polar surface area (TPSA) is 86.6 Å². The maximum Gasteiger partial charge on any atom is 0.334 e. The maximum atomic E-state index is 11.8. The monoisotopic (exact) mass is 271 g/mol. The molecule has 0 radical (unpaired) electrons. The molecule has 0 aromatic heterocycles. The summed E-state index contributed by atoms with van der Waals surface area (Å²) < 4.78 is 0. The number of aliphatic carboxylic acids is 1. The van der Waals surface area contributed by atoms with Crippen LogP contribution in [0.25, 0.3) is 0 Å². The molecule has 0 aliphatic carbocycles. The molecule has 1 amide bonds. The zero-order valence-corrected chi connectivity index (χ0v) is 10.5. The van der Waals surface area contributed by atoms with E-state index in [0.717, 1.165) is 0 Å². The summed E-state index contributed by atoms with van der Waals surface area (Å²) in [6.07, 6.45) is -1.32. The Balaban J connectivity index is 2.77. The number of aliphatic hydroxyl groups is 1. The van der Waals surface area contributed by atoms with Crippen molar-refractivity contribution in [2.45, 2.75) is 25.5 Å². The highest BCUT2D eigenvalue weighted by atomic mass is 35.5. The highest BCUT2D eigenvalue weighted by molar-refractivity contribution is 6.30. The van der Waals surface area contributed by atoms with E-state index in [1.54, 1.807) is 25.1 Å². The number of nitrogens with one attached hydrogen (secondary N) is 1. The van der Waals surface area contributed by atoms with Crippen LogP contribution in [0.2, 0.25) is 5.02 Å². The second kappa shape index (κ2) is 6.37. The molecule has 0 saturated heterocycles. The Morgan fingerprint density at radius 2 is 2.11 bits per heavy atom. The number of carboxylic acid groups (broad SMARTS) is 1. The molecule has 0 saturated carbocycles. The number of carboxylic acids is 1. The van der Waals surface area contributed by atoms with E-state index in [1.807, 2.05) is 0 Å². The first-order chi connectivity index (χ1) is 8.45. The van der Waals surface area contributed by atoms with Gasteiger partial charge in [0.15, 0.2) is 6.10 Å². The summed E-state index contributed by atoms with van der Waals surface area (Å²) in [4.78, 5) is 22.5. The second-order valence-electron chi connectivity index (χ2n) is 3.78. The molecule has 0 heterocycles. The van der Waals surface area contributed by atoms with Gasteiger partial charge in [-0.15, -0.1) is 0 Å². The quantitative estimate of drug-likeness (QED) is 0.753. The maximum absolute atomic E-state index is 11.8. The first kappa shape index (κ1) is 14.5. The zero-order valence-electron chi connectivity index (χ0n) is 9.76. The molecule has 6 heteroatoms. The summed E-state index contributed by atoms with van der Waals surface area (Å²) in [7, 11) is 0. The number of hydrogen-bond acceptors (Lipinski definition) is 3. The van der Waals surface area contributed by atoms with Crippen LogP contribution < -0.4 is 5.32 Å². The molecule has 0 fully saturated rings. The Morgan fingerprint density at radius 3 is 2.61 bits per heavy atom. The van der Waals surface area contributed by atoms with Gasteiger partial charge in [-0.2, -0.15) is 0 Å². The number of amides is 1. The molecule has 1 rings (SSSR count). The van der Waals surface area contributed by atoms with E-state index in [4.69, 9.17) is 16.7 Å². The SMILES string of the molecule is CCC(NC(=O)c1cccc(Cl)c1)C(O)C(=O)O. The van der Waals surface area contributed by atoms with Crippen LogP contribution in [0, 0.1) is 0 Å². The van der Waals surface area contributed by atoms with Crippen LogP contribution in [0.15, 0.2) is 24.3 Å². The average Bonchev–Trinajstić information content (AvgIpc) is 2.34. The van der Waals surface area contributed by atoms with Crippen LogP contribution in [0.5, 0.6) is 0 Å². The molecule has 18 heavy (non-hydrogen) atoms. The van der Waals surface area contributed by atoms with E-state index in [-0.39, 0.29) is 0 Å². The van der Waals surface area contributed by atoms with Gasteiger partial charge in [-0.05, 0) is 24.6 Å². The highest BCUT2D eigenvalue weighted by Crippen LogP contribution is 2.11. The zero-order chi connectivity index (χ0) is 13.7. The fraction of sp³-hybridized carbons (Fsp3) is 0.333. The van der Waals surface area contributed by atoms with Gasteiger partial charge >= 0.3 is 5.97 Å². The smallest absolute Gasteiger partial charge is 0.334 e. The molecule has 2 atom stereocenters. The van der Waals surface area contributed by atoms with Gasteiger partial charge in [0.1, 0.15) is 0 Å². The van der Waals surface area contributed by atoms with Crippen LogP contribution in [0.4, 0.5) is 0 Å². The van der Waals surface area contributed by atoms with Crippen LogP contribution in [-0.4, -0.2) is 34.2 Å². The van der Waals surface area contributed by atoms with E-state index < -0.39 is 24.0 Å². The fourth-order valence-corrected chi connectivity index (χ4v) is 1.65. The number of aliphatic hydroxyl groups excluding tert-OH is 1. The minimum atomic E-state index is -1.63. The number of carbonyl (C=O) groups is 2. The van der Waals surface area contributed by atoms with Crippen molar-refractivity contribution in [3.05, 3.63) is 34.9 Å². The Labute approximate surface area is 109 Å². The number of carbonyl (C=O) groups excluding carboxylic acids is 1. The van der Waals surface area contributed by atoms with E-state index in [9.17, 15) is 14.7 Å². The molecular weight excluding hydrogens is 258 g/mol. The summed E-state index contributed by atoms with van der Waals surface area (Å²) in [5.74, 6) is -1.84. The third kappa shape index (κ3) is 3.72. The minimum Gasteiger partial charge on any atom is -0.479 e. The van der Waals surface area contributed by atoms with E-state index in [0.29, 0.717) is 17.0 Å². The molecule has 1 aromatic rings. The summed E-state index contributed by atoms with van der Waals surface area (Å²) in [6.45, 7) is 1.68. The Hall–Kier alpha value is -1.59. The van der Waals surface area contributed by atoms with Crippen LogP contribution in [0.3, 0.4) is 0 Å². The summed E-state index contributed by atoms with van der Waals surface area (Å²) in [5, 5.41) is 21.0. The van der Waals surface area contributed by atoms with Gasteiger partial charge in [0.2, 0.25) is 0 Å². The third-order valence-corrected chi connectivity index (χ3v) is 2.71. The fourth-order valence-electron chi connectivity index (χ4n) is 1.46. The van der Waals surface area contributed by atoms with Crippen LogP contribution >= 0.6 is 11.6 Å². The lowest BCUT2D eigenvalue weighted by molar-refractivity contribution is -0.148. The number of rotatable bonds is 5. The van der Waals surface area contributed by atoms with Crippen molar-refractivity contribution in [2.24, 2.45) is 0 Å². The number of benzene rings is 1. The molecule has 5 nitrogen and oxygen atoms in total. The highest BCUT2D eigenvalue weighted by Gasteiger charge is 2.25. The lowest BCUT2D eigenvalue weighted by Crippen LogP contribution is -2.46. The van der Waals surface area contributed by atoms with Gasteiger partial charge in [0.25, 0.3) is 5.91 Å². The molecule has 3 N–H and O–H groups in total. The van der Waals surface area contributed by atoms with Gasteiger partial charge in [0, 0.05) is 10.6 Å². The van der Waals surface area contributed by atoms with Crippen molar-refractivity contribution in [2.75, 3.05) is 0 Å². The van der Waals surface area contributed by atoms with Crippen molar-refractivity contribution in [3.63, 3.8) is 0 Å². The molecule has 2 unspecified atom stereocenters. The van der Waals surface area contributed by atoms with Crippen LogP contribution in [0.1, 0.15) is 23.7 Å². The third-order valence-electron chi connectivity index (χ3n) is 2.48. The van der Waals surface area contributed by atoms with Gasteiger partial charge < -0.3 is 15.5 Å². The summed E-state index contributed by atoms with van der Waals surface area (Å²) in [6, 6.07) is 5.43. The lowest BCUT2D eigenvalue weighted by Gasteiger charge is -2.19. The Morgan fingerprint density at radius 1 is 1.44 bits per heavy atom. The number of hydrogen-bond donors (Lipinski definition) is 3. The summed E-state index contributed by atoms with van der Waals surface area (Å²) in [5.41, 5.74) is 0.318. The van der Waals surface area contributed by atoms with Gasteiger partial charge in [-0.1, -0.05) is 24.6 Å². The van der Waals surface area contributed by atoms with E-state index >= 15 is 0 Å². The second-order valence-corrected chi connectivity index (χ2v) is 4.22. The molecule has 0 aliphatic rings. The first-order valence-corrected chi connectivity index (χ1v) is 5.80. The van der Waals surface area contributed by atoms with Gasteiger partial charge in [-0.3, -0.25) is 4.79 Å². The standard InChI is InChI=1S/C12H14ClNO4/c1-2-9(10(15)12(17)18)14-11(16)7-4-3-5-8(13)6-7/h3-6,9-10,15H,2H2,1H3,(H,14,16)(H,17,18). The minimum absolute atomic E-state index is 0.305. The van der Waals surface area contributed by atoms with Crippen molar-refractivity contribution < 1.29 is 19.8 Å². The Kier molecular flexibility index (Phi) is 5.12. The van der Waals surface area contributed by atoms with E-state index in [2.05, 4.69) is 5.32 Å². The molecule has 0 aliphatic heterocycles. The molecule has 0 spiro atoms. The van der Waals surface area contributed by atoms with E-state index in [1.165, 1.54) is 6.07 Å². The molecule has 98 valence electrons. The van der Waals surface area contributed by atoms with Crippen molar-refractivity contribution in [3.8, 4) is 0 Å². The summed E-state index contributed by atoms with van der Waals surface area (Å²) >= 11 is 5.75. The molecule has 1 aromatic carbocycles. The molecular formula is C12H14ClNO4. The van der Waals surface area contributed by atoms with Crippen molar-refractivity contribution in [1.29, 1.82) is 0 Å². The van der Waals surface area contributed by atoms with Crippen molar-refractivity contribution >= 4 is 23.5 Å². The normalized spacial score (nSPS) is 13.7. The predicted molar refractivity (Wildman–Crippen MR) is 66.6 cm³/mol. The van der Waals surface area contributed by atoms with Crippen molar-refractivity contribution in [1.82, 2.24) is 5.32 Å². The van der Waals surface area contributed by atoms with Crippen LogP contribution in [-0.2, 0) is 4.79 Å². The molecule has 0 bridgehead atoms. The predicted octanol–water partition coefficient (Wildman–Crippen LogP) is 1.29. The first-order valence-electron chi connectivity index (χ1n) is 5.43. The Bertz CT molecular complexity index is 449. The average molecular weight is 272 g/mol. The van der Waals surface area contributed by atoms with Gasteiger partial charge in [0.05, 0.1) is 6.04 Å². The number of halogens is 1. The largest absolute Gasteiger partial charge is 0.479 e. The lowest BCUT2D eigenvalue weighted by atomic mass is 10.1.